The van der Waals surface area contributed by atoms with Crippen molar-refractivity contribution in [3.05, 3.63) is 35.9 Å². The number of rotatable bonds is 8. The van der Waals surface area contributed by atoms with Gasteiger partial charge in [-0.25, -0.2) is 9.59 Å². The fourth-order valence-corrected chi connectivity index (χ4v) is 2.84. The standard InChI is InChI=1S/C19H29N3O4/c1-12(2)22(13(3)4)17(23)14(5)26-18(24)16(21-19(20)25)11-15-9-7-6-8-10-15/h6-10,12-14,16H,11H2,1-5H3,(H3,20,21,25)/t14-,16-/m0/s1. The zero-order chi connectivity index (χ0) is 19.9. The lowest BCUT2D eigenvalue weighted by molar-refractivity contribution is -0.162. The summed E-state index contributed by atoms with van der Waals surface area (Å²) in [5, 5.41) is 2.39. The SMILES string of the molecule is CC(C)N(C(=O)[C@H](C)OC(=O)[C@H](Cc1ccccc1)NC(N)=O)C(C)C. The van der Waals surface area contributed by atoms with E-state index in [1.54, 1.807) is 4.90 Å². The third kappa shape index (κ3) is 6.38. The van der Waals surface area contributed by atoms with E-state index in [4.69, 9.17) is 10.5 Å². The van der Waals surface area contributed by atoms with Crippen LogP contribution in [0.5, 0.6) is 0 Å². The molecule has 0 aliphatic carbocycles. The summed E-state index contributed by atoms with van der Waals surface area (Å²) in [7, 11) is 0. The van der Waals surface area contributed by atoms with Gasteiger partial charge < -0.3 is 20.7 Å². The molecular formula is C19H29N3O4. The van der Waals surface area contributed by atoms with Gasteiger partial charge in [-0.1, -0.05) is 30.3 Å². The fraction of sp³-hybridized carbons (Fsp3) is 0.526. The summed E-state index contributed by atoms with van der Waals surface area (Å²) in [4.78, 5) is 38.0. The van der Waals surface area contributed by atoms with Crippen LogP contribution in [0.15, 0.2) is 30.3 Å². The molecule has 0 saturated heterocycles. The number of nitrogens with zero attached hydrogens (tertiary/aromatic N) is 1. The number of benzene rings is 1. The molecule has 0 aliphatic rings. The minimum Gasteiger partial charge on any atom is -0.451 e. The summed E-state index contributed by atoms with van der Waals surface area (Å²) in [6, 6.07) is 7.35. The van der Waals surface area contributed by atoms with Gasteiger partial charge in [0, 0.05) is 18.5 Å². The second-order valence-corrected chi connectivity index (χ2v) is 6.76. The van der Waals surface area contributed by atoms with Crippen LogP contribution in [0, 0.1) is 0 Å². The normalized spacial score (nSPS) is 13.2. The topological polar surface area (TPSA) is 102 Å². The number of carbonyl (C=O) groups is 3. The van der Waals surface area contributed by atoms with Gasteiger partial charge in [-0.2, -0.15) is 0 Å². The highest BCUT2D eigenvalue weighted by Crippen LogP contribution is 2.11. The molecule has 0 bridgehead atoms. The van der Waals surface area contributed by atoms with Crippen molar-refractivity contribution in [2.24, 2.45) is 5.73 Å². The van der Waals surface area contributed by atoms with Crippen LogP contribution in [0.1, 0.15) is 40.2 Å². The Kier molecular flexibility index (Phi) is 8.09. The van der Waals surface area contributed by atoms with Gasteiger partial charge in [0.25, 0.3) is 5.91 Å². The third-order valence-corrected chi connectivity index (χ3v) is 3.89. The van der Waals surface area contributed by atoms with Gasteiger partial charge in [0.05, 0.1) is 0 Å². The maximum atomic E-state index is 12.6. The van der Waals surface area contributed by atoms with E-state index in [1.807, 2.05) is 58.0 Å². The lowest BCUT2D eigenvalue weighted by Crippen LogP contribution is -2.50. The lowest BCUT2D eigenvalue weighted by atomic mass is 10.1. The highest BCUT2D eigenvalue weighted by molar-refractivity contribution is 5.87. The number of esters is 1. The van der Waals surface area contributed by atoms with Crippen molar-refractivity contribution in [2.45, 2.75) is 65.3 Å². The fourth-order valence-electron chi connectivity index (χ4n) is 2.84. The van der Waals surface area contributed by atoms with Crippen molar-refractivity contribution < 1.29 is 19.1 Å². The summed E-state index contributed by atoms with van der Waals surface area (Å²) in [5.74, 6) is -0.971. The van der Waals surface area contributed by atoms with Gasteiger partial charge in [-0.05, 0) is 40.2 Å². The van der Waals surface area contributed by atoms with Crippen LogP contribution in [0.3, 0.4) is 0 Å². The Morgan fingerprint density at radius 3 is 2.04 bits per heavy atom. The van der Waals surface area contributed by atoms with Crippen molar-refractivity contribution in [2.75, 3.05) is 0 Å². The Hall–Kier alpha value is -2.57. The van der Waals surface area contributed by atoms with E-state index < -0.39 is 24.1 Å². The van der Waals surface area contributed by atoms with Gasteiger partial charge >= 0.3 is 12.0 Å². The molecule has 1 rings (SSSR count). The number of primary amides is 1. The number of carbonyl (C=O) groups excluding carboxylic acids is 3. The summed E-state index contributed by atoms with van der Waals surface area (Å²) in [6.45, 7) is 9.14. The van der Waals surface area contributed by atoms with E-state index >= 15 is 0 Å². The molecule has 0 aliphatic heterocycles. The molecule has 0 radical (unpaired) electrons. The molecule has 1 aromatic rings. The number of hydrogen-bond acceptors (Lipinski definition) is 4. The van der Waals surface area contributed by atoms with Crippen LogP contribution in [0.2, 0.25) is 0 Å². The molecule has 0 heterocycles. The van der Waals surface area contributed by atoms with Crippen molar-refractivity contribution in [3.63, 3.8) is 0 Å². The Balaban J connectivity index is 2.84. The summed E-state index contributed by atoms with van der Waals surface area (Å²) in [5.41, 5.74) is 6.01. The molecule has 3 N–H and O–H groups in total. The molecule has 0 fully saturated rings. The van der Waals surface area contributed by atoms with E-state index in [2.05, 4.69) is 5.32 Å². The molecule has 7 nitrogen and oxygen atoms in total. The average molecular weight is 363 g/mol. The van der Waals surface area contributed by atoms with Crippen molar-refractivity contribution in [1.29, 1.82) is 0 Å². The number of nitrogens with two attached hydrogens (primary N) is 1. The van der Waals surface area contributed by atoms with Crippen LogP contribution in [0.25, 0.3) is 0 Å². The van der Waals surface area contributed by atoms with Crippen LogP contribution >= 0.6 is 0 Å². The Morgan fingerprint density at radius 2 is 1.58 bits per heavy atom. The van der Waals surface area contributed by atoms with E-state index in [9.17, 15) is 14.4 Å². The molecule has 144 valence electrons. The number of amides is 3. The molecular weight excluding hydrogens is 334 g/mol. The predicted octanol–water partition coefficient (Wildman–Crippen LogP) is 1.84. The van der Waals surface area contributed by atoms with Crippen molar-refractivity contribution in [3.8, 4) is 0 Å². The Morgan fingerprint density at radius 1 is 1.04 bits per heavy atom. The van der Waals surface area contributed by atoms with Crippen LogP contribution in [0.4, 0.5) is 4.79 Å². The van der Waals surface area contributed by atoms with Crippen LogP contribution in [-0.4, -0.2) is 47.0 Å². The van der Waals surface area contributed by atoms with Crippen molar-refractivity contribution >= 4 is 17.9 Å². The first-order valence-corrected chi connectivity index (χ1v) is 8.76. The smallest absolute Gasteiger partial charge is 0.329 e. The second-order valence-electron chi connectivity index (χ2n) is 6.76. The van der Waals surface area contributed by atoms with E-state index in [0.717, 1.165) is 5.56 Å². The Bertz CT molecular complexity index is 608. The monoisotopic (exact) mass is 363 g/mol. The molecule has 7 heteroatoms. The van der Waals surface area contributed by atoms with Gasteiger partial charge in [0.15, 0.2) is 6.10 Å². The maximum absolute atomic E-state index is 12.6. The molecule has 1 aromatic carbocycles. The van der Waals surface area contributed by atoms with Gasteiger partial charge in [-0.3, -0.25) is 4.79 Å². The van der Waals surface area contributed by atoms with E-state index in [-0.39, 0.29) is 24.4 Å². The van der Waals surface area contributed by atoms with Gasteiger partial charge in [0.2, 0.25) is 0 Å². The van der Waals surface area contributed by atoms with Crippen LogP contribution < -0.4 is 11.1 Å². The molecule has 0 spiro atoms. The zero-order valence-electron chi connectivity index (χ0n) is 16.1. The van der Waals surface area contributed by atoms with Crippen molar-refractivity contribution in [1.82, 2.24) is 10.2 Å². The number of nitrogens with one attached hydrogen (secondary N) is 1. The first-order valence-electron chi connectivity index (χ1n) is 8.76. The molecule has 0 saturated carbocycles. The summed E-state index contributed by atoms with van der Waals surface area (Å²) >= 11 is 0. The molecule has 26 heavy (non-hydrogen) atoms. The van der Waals surface area contributed by atoms with Gasteiger partial charge in [0.1, 0.15) is 6.04 Å². The largest absolute Gasteiger partial charge is 0.451 e. The second kappa shape index (κ2) is 9.79. The highest BCUT2D eigenvalue weighted by atomic mass is 16.5. The minimum absolute atomic E-state index is 0.0208. The lowest BCUT2D eigenvalue weighted by Gasteiger charge is -2.33. The third-order valence-electron chi connectivity index (χ3n) is 3.89. The van der Waals surface area contributed by atoms with E-state index in [1.165, 1.54) is 6.92 Å². The maximum Gasteiger partial charge on any atom is 0.329 e. The Labute approximate surface area is 154 Å². The predicted molar refractivity (Wildman–Crippen MR) is 99.3 cm³/mol. The van der Waals surface area contributed by atoms with Crippen LogP contribution in [-0.2, 0) is 20.7 Å². The summed E-state index contributed by atoms with van der Waals surface area (Å²) < 4.78 is 5.33. The van der Waals surface area contributed by atoms with E-state index in [0.29, 0.717) is 0 Å². The quantitative estimate of drug-likeness (QED) is 0.688. The average Bonchev–Trinajstić information content (AvgIpc) is 2.53. The molecule has 0 unspecified atom stereocenters. The molecule has 3 amide bonds. The van der Waals surface area contributed by atoms with Gasteiger partial charge in [-0.15, -0.1) is 0 Å². The zero-order valence-corrected chi connectivity index (χ0v) is 16.1. The first-order chi connectivity index (χ1) is 12.1. The highest BCUT2D eigenvalue weighted by Gasteiger charge is 2.30. The number of hydrogen-bond donors (Lipinski definition) is 2. The summed E-state index contributed by atoms with van der Waals surface area (Å²) in [6.07, 6.45) is -0.734. The number of urea groups is 1. The molecule has 2 atom stereocenters. The number of ether oxygens (including phenoxy) is 1. The minimum atomic E-state index is -0.961. The first kappa shape index (κ1) is 21.5. The molecule has 0 aromatic heterocycles.